The van der Waals surface area contributed by atoms with Crippen LogP contribution in [-0.4, -0.2) is 18.1 Å². The Kier molecular flexibility index (Phi) is 2.39. The lowest BCUT2D eigenvalue weighted by molar-refractivity contribution is 0.0983. The highest BCUT2D eigenvalue weighted by Crippen LogP contribution is 2.35. The van der Waals surface area contributed by atoms with Gasteiger partial charge in [0.05, 0.1) is 11.2 Å². The molecule has 0 aliphatic carbocycles. The summed E-state index contributed by atoms with van der Waals surface area (Å²) in [5.41, 5.74) is 3.67. The Bertz CT molecular complexity index is 262. The number of hydrogen-bond donors (Lipinski definition) is 1. The van der Waals surface area contributed by atoms with Gasteiger partial charge in [-0.15, -0.1) is 11.3 Å². The van der Waals surface area contributed by atoms with Gasteiger partial charge in [0.1, 0.15) is 0 Å². The van der Waals surface area contributed by atoms with Crippen LogP contribution in [0.25, 0.3) is 0 Å². The summed E-state index contributed by atoms with van der Waals surface area (Å²) in [7, 11) is 0. The molecule has 0 saturated carbocycles. The van der Waals surface area contributed by atoms with Crippen LogP contribution in [0.5, 0.6) is 0 Å². The number of thiazole rings is 1. The Morgan fingerprint density at radius 1 is 1.62 bits per heavy atom. The Labute approximate surface area is 83.4 Å². The molecule has 0 amide bonds. The van der Waals surface area contributed by atoms with E-state index in [1.807, 2.05) is 5.51 Å². The normalized spacial score (nSPS) is 20.2. The summed E-state index contributed by atoms with van der Waals surface area (Å²) < 4.78 is 0. The standard InChI is InChI=1S/C10H16N2S/c1-8(2)10(5-11-6-10)3-9-4-13-7-12-9/h4,7-8,11H,3,5-6H2,1-2H3. The lowest BCUT2D eigenvalue weighted by Crippen LogP contribution is -2.57. The first kappa shape index (κ1) is 9.16. The van der Waals surface area contributed by atoms with Crippen LogP contribution in [0.4, 0.5) is 0 Å². The van der Waals surface area contributed by atoms with Gasteiger partial charge in [0, 0.05) is 23.9 Å². The van der Waals surface area contributed by atoms with Crippen LogP contribution in [0.3, 0.4) is 0 Å². The molecule has 2 nitrogen and oxygen atoms in total. The predicted molar refractivity (Wildman–Crippen MR) is 56.0 cm³/mol. The minimum atomic E-state index is 0.480. The fourth-order valence-corrected chi connectivity index (χ4v) is 2.43. The average Bonchev–Trinajstić information content (AvgIpc) is 2.47. The Hall–Kier alpha value is -0.410. The summed E-state index contributed by atoms with van der Waals surface area (Å²) in [6.07, 6.45) is 1.14. The van der Waals surface area contributed by atoms with Gasteiger partial charge in [0.25, 0.3) is 0 Å². The maximum Gasteiger partial charge on any atom is 0.0794 e. The second-order valence-corrected chi connectivity index (χ2v) is 5.00. The fraction of sp³-hybridized carbons (Fsp3) is 0.700. The van der Waals surface area contributed by atoms with E-state index in [9.17, 15) is 0 Å². The second kappa shape index (κ2) is 3.39. The largest absolute Gasteiger partial charge is 0.315 e. The third-order valence-electron chi connectivity index (χ3n) is 3.20. The highest BCUT2D eigenvalue weighted by Gasteiger charge is 2.40. The molecule has 1 aliphatic rings. The molecule has 0 unspecified atom stereocenters. The van der Waals surface area contributed by atoms with Crippen LogP contribution in [0.1, 0.15) is 19.5 Å². The van der Waals surface area contributed by atoms with Crippen LogP contribution in [0.2, 0.25) is 0 Å². The maximum absolute atomic E-state index is 4.36. The third kappa shape index (κ3) is 1.63. The SMILES string of the molecule is CC(C)C1(Cc2cscn2)CNC1. The average molecular weight is 196 g/mol. The molecule has 2 heterocycles. The van der Waals surface area contributed by atoms with Crippen LogP contribution in [0.15, 0.2) is 10.9 Å². The quantitative estimate of drug-likeness (QED) is 0.799. The Morgan fingerprint density at radius 2 is 2.38 bits per heavy atom. The van der Waals surface area contributed by atoms with E-state index < -0.39 is 0 Å². The molecule has 0 spiro atoms. The molecule has 3 heteroatoms. The van der Waals surface area contributed by atoms with E-state index in [0.29, 0.717) is 5.41 Å². The van der Waals surface area contributed by atoms with Gasteiger partial charge in [-0.25, -0.2) is 4.98 Å². The molecule has 0 aromatic carbocycles. The van der Waals surface area contributed by atoms with Gasteiger partial charge in [0.2, 0.25) is 0 Å². The van der Waals surface area contributed by atoms with Gasteiger partial charge in [0.15, 0.2) is 0 Å². The number of hydrogen-bond acceptors (Lipinski definition) is 3. The first-order valence-corrected chi connectivity index (χ1v) is 5.75. The number of rotatable bonds is 3. The Balaban J connectivity index is 2.07. The summed E-state index contributed by atoms with van der Waals surface area (Å²) in [6, 6.07) is 0. The molecule has 0 atom stereocenters. The zero-order valence-corrected chi connectivity index (χ0v) is 9.03. The summed E-state index contributed by atoms with van der Waals surface area (Å²) >= 11 is 1.70. The maximum atomic E-state index is 4.36. The first-order valence-electron chi connectivity index (χ1n) is 4.81. The van der Waals surface area contributed by atoms with Crippen molar-refractivity contribution in [1.29, 1.82) is 0 Å². The van der Waals surface area contributed by atoms with Crippen molar-refractivity contribution in [3.05, 3.63) is 16.6 Å². The summed E-state index contributed by atoms with van der Waals surface area (Å²) in [5, 5.41) is 5.54. The van der Waals surface area contributed by atoms with Gasteiger partial charge >= 0.3 is 0 Å². The van der Waals surface area contributed by atoms with Gasteiger partial charge in [-0.2, -0.15) is 0 Å². The van der Waals surface area contributed by atoms with Gasteiger partial charge < -0.3 is 5.32 Å². The molecule has 0 bridgehead atoms. The molecule has 1 N–H and O–H groups in total. The minimum Gasteiger partial charge on any atom is -0.315 e. The van der Waals surface area contributed by atoms with E-state index in [0.717, 1.165) is 25.4 Å². The molecule has 1 saturated heterocycles. The highest BCUT2D eigenvalue weighted by molar-refractivity contribution is 7.07. The Morgan fingerprint density at radius 3 is 2.77 bits per heavy atom. The second-order valence-electron chi connectivity index (χ2n) is 4.28. The first-order chi connectivity index (χ1) is 6.23. The molecule has 2 rings (SSSR count). The predicted octanol–water partition coefficient (Wildman–Crippen LogP) is 1.93. The van der Waals surface area contributed by atoms with Crippen molar-refractivity contribution in [2.75, 3.05) is 13.1 Å². The monoisotopic (exact) mass is 196 g/mol. The van der Waals surface area contributed by atoms with Crippen LogP contribution >= 0.6 is 11.3 Å². The number of nitrogens with one attached hydrogen (secondary N) is 1. The molecule has 1 aromatic rings. The topological polar surface area (TPSA) is 24.9 Å². The summed E-state index contributed by atoms with van der Waals surface area (Å²) in [5.74, 6) is 0.746. The lowest BCUT2D eigenvalue weighted by Gasteiger charge is -2.46. The van der Waals surface area contributed by atoms with Crippen molar-refractivity contribution < 1.29 is 0 Å². The smallest absolute Gasteiger partial charge is 0.0794 e. The highest BCUT2D eigenvalue weighted by atomic mass is 32.1. The lowest BCUT2D eigenvalue weighted by atomic mass is 9.69. The minimum absolute atomic E-state index is 0.480. The van der Waals surface area contributed by atoms with Crippen LogP contribution in [0, 0.1) is 11.3 Å². The van der Waals surface area contributed by atoms with E-state index in [4.69, 9.17) is 0 Å². The zero-order valence-electron chi connectivity index (χ0n) is 8.21. The van der Waals surface area contributed by atoms with Crippen molar-refractivity contribution in [3.63, 3.8) is 0 Å². The molecule has 1 aromatic heterocycles. The third-order valence-corrected chi connectivity index (χ3v) is 3.83. The van der Waals surface area contributed by atoms with Crippen molar-refractivity contribution in [2.24, 2.45) is 11.3 Å². The van der Waals surface area contributed by atoms with E-state index in [2.05, 4.69) is 29.5 Å². The van der Waals surface area contributed by atoms with Gasteiger partial charge in [-0.1, -0.05) is 13.8 Å². The molecule has 72 valence electrons. The van der Waals surface area contributed by atoms with E-state index >= 15 is 0 Å². The van der Waals surface area contributed by atoms with E-state index in [-0.39, 0.29) is 0 Å². The fourth-order valence-electron chi connectivity index (χ4n) is 1.87. The molecular formula is C10H16N2S. The van der Waals surface area contributed by atoms with Crippen LogP contribution in [-0.2, 0) is 6.42 Å². The summed E-state index contributed by atoms with van der Waals surface area (Å²) in [4.78, 5) is 4.36. The molecular weight excluding hydrogens is 180 g/mol. The van der Waals surface area contributed by atoms with Gasteiger partial charge in [-0.05, 0) is 12.3 Å². The zero-order chi connectivity index (χ0) is 9.31. The molecule has 1 aliphatic heterocycles. The van der Waals surface area contributed by atoms with E-state index in [1.54, 1.807) is 11.3 Å². The number of aromatic nitrogens is 1. The molecule has 0 radical (unpaired) electrons. The number of nitrogens with zero attached hydrogens (tertiary/aromatic N) is 1. The van der Waals surface area contributed by atoms with E-state index in [1.165, 1.54) is 5.69 Å². The molecule has 13 heavy (non-hydrogen) atoms. The van der Waals surface area contributed by atoms with Crippen molar-refractivity contribution >= 4 is 11.3 Å². The molecule has 1 fully saturated rings. The van der Waals surface area contributed by atoms with Crippen LogP contribution < -0.4 is 5.32 Å². The summed E-state index contributed by atoms with van der Waals surface area (Å²) in [6.45, 7) is 6.94. The van der Waals surface area contributed by atoms with Crippen molar-refractivity contribution in [3.8, 4) is 0 Å². The van der Waals surface area contributed by atoms with Crippen molar-refractivity contribution in [1.82, 2.24) is 10.3 Å². The van der Waals surface area contributed by atoms with Crippen molar-refractivity contribution in [2.45, 2.75) is 20.3 Å². The van der Waals surface area contributed by atoms with Gasteiger partial charge in [-0.3, -0.25) is 0 Å².